The van der Waals surface area contributed by atoms with Crippen LogP contribution in [0.5, 0.6) is 5.75 Å². The first-order valence-electron chi connectivity index (χ1n) is 10.3. The van der Waals surface area contributed by atoms with Crippen molar-refractivity contribution in [2.24, 2.45) is 0 Å². The third-order valence-electron chi connectivity index (χ3n) is 5.42. The Morgan fingerprint density at radius 3 is 2.62 bits per heavy atom. The summed E-state index contributed by atoms with van der Waals surface area (Å²) < 4.78 is 10.9. The Balaban J connectivity index is 1.44. The van der Waals surface area contributed by atoms with Crippen molar-refractivity contribution in [3.63, 3.8) is 0 Å². The average molecular weight is 420 g/mol. The topological polar surface area (TPSA) is 60.5 Å². The molecule has 1 N–H and O–H groups in total. The van der Waals surface area contributed by atoms with Gasteiger partial charge in [-0.15, -0.1) is 0 Å². The fraction of sp³-hybridized carbons (Fsp3) is 0.111. The Morgan fingerprint density at radius 1 is 0.906 bits per heavy atom. The maximum absolute atomic E-state index is 12.1. The van der Waals surface area contributed by atoms with Crippen molar-refractivity contribution in [1.82, 2.24) is 10.3 Å². The summed E-state index contributed by atoms with van der Waals surface area (Å²) in [4.78, 5) is 16.5. The number of rotatable bonds is 3. The van der Waals surface area contributed by atoms with Gasteiger partial charge in [0.2, 0.25) is 0 Å². The van der Waals surface area contributed by atoms with Gasteiger partial charge in [0, 0.05) is 22.7 Å². The van der Waals surface area contributed by atoms with Gasteiger partial charge in [0.05, 0.1) is 18.7 Å². The van der Waals surface area contributed by atoms with E-state index in [1.165, 1.54) is 0 Å². The van der Waals surface area contributed by atoms with Gasteiger partial charge >= 0.3 is 6.09 Å². The van der Waals surface area contributed by atoms with Gasteiger partial charge in [0.15, 0.2) is 6.10 Å². The maximum atomic E-state index is 12.1. The molecule has 156 valence electrons. The number of aromatic nitrogens is 1. The Labute approximate surface area is 186 Å². The zero-order valence-electron chi connectivity index (χ0n) is 17.4. The number of pyridine rings is 1. The van der Waals surface area contributed by atoms with E-state index in [9.17, 15) is 4.79 Å². The molecule has 0 radical (unpaired) electrons. The van der Waals surface area contributed by atoms with Gasteiger partial charge in [0.1, 0.15) is 5.75 Å². The number of carbonyl (C=O) groups excluding carboxylic acids is 1. The van der Waals surface area contributed by atoms with Crippen LogP contribution in [0.15, 0.2) is 85.1 Å². The molecule has 1 aromatic heterocycles. The van der Waals surface area contributed by atoms with Crippen LogP contribution in [-0.2, 0) is 4.74 Å². The Hall–Kier alpha value is -4.30. The minimum absolute atomic E-state index is 0.321. The third-order valence-corrected chi connectivity index (χ3v) is 5.42. The molecule has 1 saturated heterocycles. The summed E-state index contributed by atoms with van der Waals surface area (Å²) in [5.74, 6) is 7.12. The van der Waals surface area contributed by atoms with Gasteiger partial charge in [-0.3, -0.25) is 4.98 Å². The van der Waals surface area contributed by atoms with E-state index in [1.54, 1.807) is 13.3 Å². The Kier molecular flexibility index (Phi) is 5.19. The highest BCUT2D eigenvalue weighted by Crippen LogP contribution is 2.37. The molecule has 1 aliphatic rings. The van der Waals surface area contributed by atoms with E-state index >= 15 is 0 Å². The van der Waals surface area contributed by atoms with Crippen molar-refractivity contribution < 1.29 is 14.3 Å². The summed E-state index contributed by atoms with van der Waals surface area (Å²) in [7, 11) is 1.61. The number of hydrogen-bond acceptors (Lipinski definition) is 4. The lowest BCUT2D eigenvalue weighted by Gasteiger charge is -2.18. The van der Waals surface area contributed by atoms with Crippen LogP contribution >= 0.6 is 0 Å². The van der Waals surface area contributed by atoms with Crippen molar-refractivity contribution in [2.45, 2.75) is 12.1 Å². The number of fused-ring (bicyclic) bond motifs is 1. The van der Waals surface area contributed by atoms with Gasteiger partial charge < -0.3 is 14.8 Å². The van der Waals surface area contributed by atoms with Crippen molar-refractivity contribution in [2.75, 3.05) is 7.11 Å². The first-order valence-corrected chi connectivity index (χ1v) is 10.3. The highest BCUT2D eigenvalue weighted by Gasteiger charge is 2.36. The lowest BCUT2D eigenvalue weighted by Crippen LogP contribution is -2.19. The summed E-state index contributed by atoms with van der Waals surface area (Å²) >= 11 is 0. The number of hydrogen-bond donors (Lipinski definition) is 1. The molecule has 5 heteroatoms. The predicted octanol–water partition coefficient (Wildman–Crippen LogP) is 5.17. The van der Waals surface area contributed by atoms with E-state index in [0.29, 0.717) is 5.75 Å². The molecular weight excluding hydrogens is 400 g/mol. The van der Waals surface area contributed by atoms with E-state index in [1.807, 2.05) is 78.9 Å². The lowest BCUT2D eigenvalue weighted by molar-refractivity contribution is 0.132. The van der Waals surface area contributed by atoms with Crippen molar-refractivity contribution in [3.05, 3.63) is 107 Å². The van der Waals surface area contributed by atoms with E-state index in [2.05, 4.69) is 22.1 Å². The number of benzene rings is 3. The molecule has 2 atom stereocenters. The molecule has 0 bridgehead atoms. The molecule has 1 amide bonds. The fourth-order valence-corrected chi connectivity index (χ4v) is 3.85. The Morgan fingerprint density at radius 2 is 1.72 bits per heavy atom. The zero-order chi connectivity index (χ0) is 21.9. The first-order chi connectivity index (χ1) is 15.7. The van der Waals surface area contributed by atoms with E-state index < -0.39 is 12.2 Å². The van der Waals surface area contributed by atoms with Crippen LogP contribution in [0.25, 0.3) is 10.9 Å². The van der Waals surface area contributed by atoms with Crippen LogP contribution in [0.4, 0.5) is 4.79 Å². The zero-order valence-corrected chi connectivity index (χ0v) is 17.4. The van der Waals surface area contributed by atoms with Crippen LogP contribution in [-0.4, -0.2) is 18.2 Å². The molecule has 0 unspecified atom stereocenters. The van der Waals surface area contributed by atoms with Gasteiger partial charge in [-0.05, 0) is 47.5 Å². The van der Waals surface area contributed by atoms with Crippen LogP contribution in [0.3, 0.4) is 0 Å². The molecule has 0 saturated carbocycles. The number of nitrogens with one attached hydrogen (secondary N) is 1. The van der Waals surface area contributed by atoms with Gasteiger partial charge in [-0.25, -0.2) is 4.79 Å². The van der Waals surface area contributed by atoms with Gasteiger partial charge in [0.25, 0.3) is 0 Å². The van der Waals surface area contributed by atoms with Crippen LogP contribution in [0.1, 0.15) is 34.4 Å². The minimum atomic E-state index is -0.453. The Bertz CT molecular complexity index is 1370. The van der Waals surface area contributed by atoms with Crippen LogP contribution < -0.4 is 10.1 Å². The van der Waals surface area contributed by atoms with Gasteiger partial charge in [-0.1, -0.05) is 54.3 Å². The average Bonchev–Trinajstić information content (AvgIpc) is 3.24. The quantitative estimate of drug-likeness (QED) is 0.465. The van der Waals surface area contributed by atoms with E-state index in [-0.39, 0.29) is 6.04 Å². The smallest absolute Gasteiger partial charge is 0.408 e. The van der Waals surface area contributed by atoms with Crippen molar-refractivity contribution in [3.8, 4) is 17.6 Å². The number of para-hydroxylation sites is 1. The predicted molar refractivity (Wildman–Crippen MR) is 122 cm³/mol. The molecule has 2 heterocycles. The number of alkyl carbamates (subject to hydrolysis) is 1. The van der Waals surface area contributed by atoms with Crippen LogP contribution in [0, 0.1) is 11.8 Å². The highest BCUT2D eigenvalue weighted by atomic mass is 16.6. The molecular formula is C27H20N2O3. The first kappa shape index (κ1) is 19.7. The maximum Gasteiger partial charge on any atom is 0.408 e. The van der Waals surface area contributed by atoms with Crippen LogP contribution in [0.2, 0.25) is 0 Å². The molecule has 5 rings (SSSR count). The molecule has 1 fully saturated rings. The summed E-state index contributed by atoms with van der Waals surface area (Å²) in [5, 5.41) is 3.97. The second-order valence-electron chi connectivity index (χ2n) is 7.52. The number of cyclic esters (lactones) is 1. The van der Waals surface area contributed by atoms with Crippen molar-refractivity contribution >= 4 is 17.0 Å². The molecule has 32 heavy (non-hydrogen) atoms. The molecule has 3 aromatic carbocycles. The van der Waals surface area contributed by atoms with E-state index in [0.717, 1.165) is 33.2 Å². The largest absolute Gasteiger partial charge is 0.497 e. The second-order valence-corrected chi connectivity index (χ2v) is 7.52. The molecule has 4 aromatic rings. The molecule has 0 spiro atoms. The fourth-order valence-electron chi connectivity index (χ4n) is 3.85. The van der Waals surface area contributed by atoms with E-state index in [4.69, 9.17) is 9.47 Å². The molecule has 1 aliphatic heterocycles. The number of carbonyl (C=O) groups is 1. The standard InChI is InChI=1S/C27H20N2O3/c1-31-23-10-5-9-22(16-23)26-25(29-27(30)32-26)21-8-4-6-18(14-21)12-13-19-15-20-7-2-3-11-24(20)28-17-19/h2-11,14-17,25-26H,1H3,(H,29,30)/t25-,26-/m1/s1. The van der Waals surface area contributed by atoms with Crippen molar-refractivity contribution in [1.29, 1.82) is 0 Å². The summed E-state index contributed by atoms with van der Waals surface area (Å²) in [6.45, 7) is 0. The number of amides is 1. The third kappa shape index (κ3) is 3.99. The summed E-state index contributed by atoms with van der Waals surface area (Å²) in [6.07, 6.45) is 0.885. The highest BCUT2D eigenvalue weighted by molar-refractivity contribution is 5.79. The molecule has 0 aliphatic carbocycles. The number of ether oxygens (including phenoxy) is 2. The number of nitrogens with zero attached hydrogens (tertiary/aromatic N) is 1. The normalized spacial score (nSPS) is 17.2. The summed E-state index contributed by atoms with van der Waals surface area (Å²) in [5.41, 5.74) is 4.43. The minimum Gasteiger partial charge on any atom is -0.497 e. The number of methoxy groups -OCH3 is 1. The van der Waals surface area contributed by atoms with Gasteiger partial charge in [-0.2, -0.15) is 0 Å². The SMILES string of the molecule is COc1cccc([C@H]2OC(=O)N[C@@H]2c2cccc(C#Cc3cnc4ccccc4c3)c2)c1. The summed E-state index contributed by atoms with van der Waals surface area (Å²) in [6, 6.07) is 25.1. The second kappa shape index (κ2) is 8.44. The molecule has 5 nitrogen and oxygen atoms in total. The monoisotopic (exact) mass is 420 g/mol. The lowest BCUT2D eigenvalue weighted by atomic mass is 9.95.